The third-order valence-corrected chi connectivity index (χ3v) is 3.27. The molecule has 0 aliphatic rings. The molecular formula is C13H13BrF2N2O. The summed E-state index contributed by atoms with van der Waals surface area (Å²) in [7, 11) is 0. The first-order valence-corrected chi connectivity index (χ1v) is 6.64. The summed E-state index contributed by atoms with van der Waals surface area (Å²) in [5, 5.41) is 14.0. The van der Waals surface area contributed by atoms with Gasteiger partial charge in [-0.15, -0.1) is 0 Å². The zero-order valence-electron chi connectivity index (χ0n) is 10.3. The molecule has 0 saturated carbocycles. The van der Waals surface area contributed by atoms with Gasteiger partial charge in [-0.2, -0.15) is 5.10 Å². The van der Waals surface area contributed by atoms with Gasteiger partial charge in [0.2, 0.25) is 0 Å². The normalized spacial score (nSPS) is 12.7. The summed E-state index contributed by atoms with van der Waals surface area (Å²) in [5.41, 5.74) is 0.420. The summed E-state index contributed by atoms with van der Waals surface area (Å²) < 4.78 is 29.4. The highest BCUT2D eigenvalue weighted by Crippen LogP contribution is 2.27. The number of benzene rings is 1. The molecule has 102 valence electrons. The lowest BCUT2D eigenvalue weighted by Crippen LogP contribution is -2.07. The van der Waals surface area contributed by atoms with Crippen LogP contribution in [-0.4, -0.2) is 14.9 Å². The van der Waals surface area contributed by atoms with Gasteiger partial charge in [0, 0.05) is 23.6 Å². The molecule has 1 N–H and O–H groups in total. The number of rotatable bonds is 4. The smallest absolute Gasteiger partial charge is 0.133 e. The molecule has 1 heterocycles. The average Bonchev–Trinajstić information content (AvgIpc) is 2.75. The van der Waals surface area contributed by atoms with Crippen LogP contribution in [0.1, 0.15) is 24.2 Å². The number of hydrogen-bond acceptors (Lipinski definition) is 2. The minimum atomic E-state index is -1.23. The number of aliphatic hydroxyl groups excluding tert-OH is 1. The fourth-order valence-electron chi connectivity index (χ4n) is 1.88. The first-order chi connectivity index (χ1) is 9.01. The highest BCUT2D eigenvalue weighted by atomic mass is 79.9. The maximum atomic E-state index is 13.7. The molecule has 0 bridgehead atoms. The molecule has 0 aliphatic heterocycles. The van der Waals surface area contributed by atoms with Crippen LogP contribution in [0.25, 0.3) is 0 Å². The van der Waals surface area contributed by atoms with E-state index in [4.69, 9.17) is 0 Å². The fraction of sp³-hybridized carbons (Fsp3) is 0.308. The molecule has 0 spiro atoms. The van der Waals surface area contributed by atoms with E-state index >= 15 is 0 Å². The molecule has 3 nitrogen and oxygen atoms in total. The van der Waals surface area contributed by atoms with Crippen molar-refractivity contribution >= 4 is 15.9 Å². The molecule has 0 saturated heterocycles. The van der Waals surface area contributed by atoms with Crippen molar-refractivity contribution in [3.63, 3.8) is 0 Å². The number of aryl methyl sites for hydroxylation is 1. The van der Waals surface area contributed by atoms with Crippen LogP contribution in [0.5, 0.6) is 0 Å². The molecule has 1 unspecified atom stereocenters. The second-order valence-electron chi connectivity index (χ2n) is 4.21. The van der Waals surface area contributed by atoms with E-state index in [0.29, 0.717) is 11.0 Å². The zero-order chi connectivity index (χ0) is 14.0. The van der Waals surface area contributed by atoms with E-state index in [0.717, 1.165) is 17.7 Å². The van der Waals surface area contributed by atoms with Crippen molar-refractivity contribution in [2.75, 3.05) is 0 Å². The van der Waals surface area contributed by atoms with Crippen LogP contribution in [0.3, 0.4) is 0 Å². The zero-order valence-corrected chi connectivity index (χ0v) is 11.9. The Kier molecular flexibility index (Phi) is 4.31. The van der Waals surface area contributed by atoms with Crippen molar-refractivity contribution in [2.45, 2.75) is 26.0 Å². The minimum absolute atomic E-state index is 0.121. The Hall–Kier alpha value is -1.27. The highest BCUT2D eigenvalue weighted by molar-refractivity contribution is 9.10. The van der Waals surface area contributed by atoms with Crippen LogP contribution >= 0.6 is 15.9 Å². The Balaban J connectivity index is 2.22. The van der Waals surface area contributed by atoms with Gasteiger partial charge in [0.05, 0.1) is 17.9 Å². The largest absolute Gasteiger partial charge is 0.388 e. The number of aliphatic hydroxyl groups is 1. The van der Waals surface area contributed by atoms with Gasteiger partial charge in [-0.1, -0.05) is 15.9 Å². The van der Waals surface area contributed by atoms with Gasteiger partial charge in [-0.25, -0.2) is 8.78 Å². The second kappa shape index (κ2) is 5.79. The lowest BCUT2D eigenvalue weighted by atomic mass is 10.0. The van der Waals surface area contributed by atoms with E-state index in [1.807, 2.05) is 6.92 Å². The van der Waals surface area contributed by atoms with Gasteiger partial charge in [0.15, 0.2) is 0 Å². The van der Waals surface area contributed by atoms with Gasteiger partial charge < -0.3 is 5.11 Å². The molecule has 1 aromatic heterocycles. The van der Waals surface area contributed by atoms with Crippen LogP contribution in [0, 0.1) is 11.6 Å². The Labute approximate surface area is 118 Å². The molecule has 19 heavy (non-hydrogen) atoms. The maximum Gasteiger partial charge on any atom is 0.133 e. The standard InChI is InChI=1S/C13H13BrF2N2O/c1-2-18-7-8(6-17-18)3-12(19)13-10(15)4-9(14)5-11(13)16/h4-7,12,19H,2-3H2,1H3. The van der Waals surface area contributed by atoms with Crippen LogP contribution in [0.15, 0.2) is 29.0 Å². The predicted molar refractivity (Wildman–Crippen MR) is 70.6 cm³/mol. The topological polar surface area (TPSA) is 38.0 Å². The predicted octanol–water partition coefficient (Wildman–Crippen LogP) is 3.22. The van der Waals surface area contributed by atoms with Crippen molar-refractivity contribution in [1.29, 1.82) is 0 Å². The number of hydrogen-bond donors (Lipinski definition) is 1. The Morgan fingerprint density at radius 1 is 1.37 bits per heavy atom. The minimum Gasteiger partial charge on any atom is -0.388 e. The quantitative estimate of drug-likeness (QED) is 0.934. The van der Waals surface area contributed by atoms with Crippen molar-refractivity contribution in [2.24, 2.45) is 0 Å². The fourth-order valence-corrected chi connectivity index (χ4v) is 2.28. The van der Waals surface area contributed by atoms with Crippen molar-refractivity contribution in [3.05, 3.63) is 51.8 Å². The molecule has 0 fully saturated rings. The van der Waals surface area contributed by atoms with E-state index < -0.39 is 17.7 Å². The van der Waals surface area contributed by atoms with Gasteiger partial charge >= 0.3 is 0 Å². The molecule has 0 radical (unpaired) electrons. The number of nitrogens with zero attached hydrogens (tertiary/aromatic N) is 2. The molecule has 1 atom stereocenters. The Morgan fingerprint density at radius 2 is 2.00 bits per heavy atom. The Morgan fingerprint density at radius 3 is 2.53 bits per heavy atom. The lowest BCUT2D eigenvalue weighted by molar-refractivity contribution is 0.168. The second-order valence-corrected chi connectivity index (χ2v) is 5.12. The van der Waals surface area contributed by atoms with Crippen molar-refractivity contribution in [1.82, 2.24) is 9.78 Å². The van der Waals surface area contributed by atoms with E-state index in [2.05, 4.69) is 21.0 Å². The highest BCUT2D eigenvalue weighted by Gasteiger charge is 2.19. The maximum absolute atomic E-state index is 13.7. The van der Waals surface area contributed by atoms with Gasteiger partial charge in [-0.05, 0) is 24.6 Å². The summed E-state index contributed by atoms with van der Waals surface area (Å²) in [5.74, 6) is -1.52. The monoisotopic (exact) mass is 330 g/mol. The van der Waals surface area contributed by atoms with Crippen LogP contribution < -0.4 is 0 Å². The van der Waals surface area contributed by atoms with Crippen molar-refractivity contribution in [3.8, 4) is 0 Å². The summed E-state index contributed by atoms with van der Waals surface area (Å²) >= 11 is 3.00. The third-order valence-electron chi connectivity index (χ3n) is 2.82. The van der Waals surface area contributed by atoms with Crippen LogP contribution in [0.2, 0.25) is 0 Å². The molecule has 1 aromatic carbocycles. The van der Waals surface area contributed by atoms with E-state index in [-0.39, 0.29) is 12.0 Å². The first kappa shape index (κ1) is 14.1. The summed E-state index contributed by atoms with van der Waals surface area (Å²) in [6, 6.07) is 2.27. The van der Waals surface area contributed by atoms with Gasteiger partial charge in [-0.3, -0.25) is 4.68 Å². The van der Waals surface area contributed by atoms with Crippen LogP contribution in [0.4, 0.5) is 8.78 Å². The van der Waals surface area contributed by atoms with Crippen LogP contribution in [-0.2, 0) is 13.0 Å². The van der Waals surface area contributed by atoms with Gasteiger partial charge in [0.25, 0.3) is 0 Å². The molecule has 2 aromatic rings. The lowest BCUT2D eigenvalue weighted by Gasteiger charge is -2.12. The summed E-state index contributed by atoms with van der Waals surface area (Å²) in [6.07, 6.45) is 2.22. The summed E-state index contributed by atoms with van der Waals surface area (Å²) in [6.45, 7) is 2.64. The molecular weight excluding hydrogens is 318 g/mol. The molecule has 6 heteroatoms. The number of halogens is 3. The summed E-state index contributed by atoms with van der Waals surface area (Å²) in [4.78, 5) is 0. The van der Waals surface area contributed by atoms with Gasteiger partial charge in [0.1, 0.15) is 11.6 Å². The molecule has 0 aliphatic carbocycles. The van der Waals surface area contributed by atoms with E-state index in [1.165, 1.54) is 0 Å². The average molecular weight is 331 g/mol. The third kappa shape index (κ3) is 3.19. The first-order valence-electron chi connectivity index (χ1n) is 5.85. The van der Waals surface area contributed by atoms with E-state index in [1.54, 1.807) is 17.1 Å². The van der Waals surface area contributed by atoms with Crippen molar-refractivity contribution < 1.29 is 13.9 Å². The Bertz CT molecular complexity index is 563. The SMILES string of the molecule is CCn1cc(CC(O)c2c(F)cc(Br)cc2F)cn1. The molecule has 2 rings (SSSR count). The number of aromatic nitrogens is 2. The van der Waals surface area contributed by atoms with E-state index in [9.17, 15) is 13.9 Å². The molecule has 0 amide bonds.